The predicted molar refractivity (Wildman–Crippen MR) is 67.2 cm³/mol. The van der Waals surface area contributed by atoms with Gasteiger partial charge >= 0.3 is 0 Å². The molecule has 1 rings (SSSR count). The van der Waals surface area contributed by atoms with E-state index in [1.807, 2.05) is 0 Å². The molecule has 1 saturated carbocycles. The summed E-state index contributed by atoms with van der Waals surface area (Å²) in [7, 11) is 4.35. The van der Waals surface area contributed by atoms with Gasteiger partial charge in [-0.3, -0.25) is 0 Å². The molecule has 2 heteroatoms. The average molecular weight is 212 g/mol. The average Bonchev–Trinajstić information content (AvgIpc) is 2.46. The third-order valence-electron chi connectivity index (χ3n) is 4.06. The van der Waals surface area contributed by atoms with E-state index in [9.17, 15) is 0 Å². The summed E-state index contributed by atoms with van der Waals surface area (Å²) in [5.41, 5.74) is 0.505. The first kappa shape index (κ1) is 13.0. The summed E-state index contributed by atoms with van der Waals surface area (Å²) in [5, 5.41) is 3.76. The number of nitrogens with zero attached hydrogens (tertiary/aromatic N) is 1. The van der Waals surface area contributed by atoms with Crippen molar-refractivity contribution in [2.45, 2.75) is 58.5 Å². The number of rotatable bonds is 5. The van der Waals surface area contributed by atoms with Crippen LogP contribution in [0.15, 0.2) is 0 Å². The van der Waals surface area contributed by atoms with E-state index in [2.05, 4.69) is 45.1 Å². The SMILES string of the molecule is CCC(CNC1CCCC1(C)C)N(C)C. The van der Waals surface area contributed by atoms with Gasteiger partial charge in [0, 0.05) is 18.6 Å². The Labute approximate surface area is 95.4 Å². The second kappa shape index (κ2) is 5.31. The molecule has 2 unspecified atom stereocenters. The molecule has 1 N–H and O–H groups in total. The van der Waals surface area contributed by atoms with Gasteiger partial charge in [0.2, 0.25) is 0 Å². The van der Waals surface area contributed by atoms with Crippen LogP contribution in [0.1, 0.15) is 46.5 Å². The van der Waals surface area contributed by atoms with Gasteiger partial charge in [-0.1, -0.05) is 27.2 Å². The van der Waals surface area contributed by atoms with Crippen LogP contribution in [-0.4, -0.2) is 37.6 Å². The molecule has 0 spiro atoms. The summed E-state index contributed by atoms with van der Waals surface area (Å²) in [6, 6.07) is 1.41. The van der Waals surface area contributed by atoms with Gasteiger partial charge in [0.05, 0.1) is 0 Å². The van der Waals surface area contributed by atoms with Crippen molar-refractivity contribution in [3.63, 3.8) is 0 Å². The highest BCUT2D eigenvalue weighted by Crippen LogP contribution is 2.37. The van der Waals surface area contributed by atoms with Gasteiger partial charge in [-0.2, -0.15) is 0 Å². The van der Waals surface area contributed by atoms with E-state index in [1.54, 1.807) is 0 Å². The smallest absolute Gasteiger partial charge is 0.0212 e. The molecule has 0 bridgehead atoms. The van der Waals surface area contributed by atoms with Crippen LogP contribution in [0, 0.1) is 5.41 Å². The van der Waals surface area contributed by atoms with Gasteiger partial charge in [-0.15, -0.1) is 0 Å². The number of likely N-dealkylation sites (N-methyl/N-ethyl adjacent to an activating group) is 1. The molecule has 0 aromatic rings. The van der Waals surface area contributed by atoms with Crippen molar-refractivity contribution in [3.8, 4) is 0 Å². The van der Waals surface area contributed by atoms with Crippen LogP contribution in [0.2, 0.25) is 0 Å². The zero-order chi connectivity index (χ0) is 11.5. The molecule has 90 valence electrons. The minimum Gasteiger partial charge on any atom is -0.312 e. The van der Waals surface area contributed by atoms with E-state index in [1.165, 1.54) is 25.7 Å². The topological polar surface area (TPSA) is 15.3 Å². The van der Waals surface area contributed by atoms with Crippen LogP contribution in [0.4, 0.5) is 0 Å². The lowest BCUT2D eigenvalue weighted by molar-refractivity contribution is 0.231. The van der Waals surface area contributed by atoms with E-state index in [0.29, 0.717) is 11.5 Å². The van der Waals surface area contributed by atoms with Crippen molar-refractivity contribution >= 4 is 0 Å². The van der Waals surface area contributed by atoms with E-state index in [4.69, 9.17) is 0 Å². The van der Waals surface area contributed by atoms with Crippen LogP contribution in [0.25, 0.3) is 0 Å². The lowest BCUT2D eigenvalue weighted by Gasteiger charge is -2.31. The molecule has 0 aromatic heterocycles. The summed E-state index contributed by atoms with van der Waals surface area (Å²) in [5.74, 6) is 0. The quantitative estimate of drug-likeness (QED) is 0.753. The second-order valence-electron chi connectivity index (χ2n) is 5.87. The highest BCUT2D eigenvalue weighted by molar-refractivity contribution is 4.90. The van der Waals surface area contributed by atoms with Gasteiger partial charge in [0.25, 0.3) is 0 Å². The molecular formula is C13H28N2. The molecular weight excluding hydrogens is 184 g/mol. The molecule has 1 aliphatic carbocycles. The molecule has 1 aliphatic rings. The maximum atomic E-state index is 3.76. The van der Waals surface area contributed by atoms with Crippen molar-refractivity contribution in [1.29, 1.82) is 0 Å². The molecule has 0 heterocycles. The third-order valence-corrected chi connectivity index (χ3v) is 4.06. The van der Waals surface area contributed by atoms with Gasteiger partial charge in [0.15, 0.2) is 0 Å². The van der Waals surface area contributed by atoms with Gasteiger partial charge < -0.3 is 10.2 Å². The van der Waals surface area contributed by atoms with Crippen LogP contribution < -0.4 is 5.32 Å². The van der Waals surface area contributed by atoms with Gasteiger partial charge in [-0.05, 0) is 38.8 Å². The highest BCUT2D eigenvalue weighted by atomic mass is 15.1. The number of nitrogens with one attached hydrogen (secondary N) is 1. The molecule has 2 nitrogen and oxygen atoms in total. The Morgan fingerprint density at radius 3 is 2.47 bits per heavy atom. The summed E-state index contributed by atoms with van der Waals surface area (Å²) >= 11 is 0. The van der Waals surface area contributed by atoms with E-state index in [-0.39, 0.29) is 0 Å². The van der Waals surface area contributed by atoms with Crippen LogP contribution in [-0.2, 0) is 0 Å². The standard InChI is InChI=1S/C13H28N2/c1-6-11(15(4)5)10-14-12-8-7-9-13(12,2)3/h11-12,14H,6-10H2,1-5H3. The first-order valence-electron chi connectivity index (χ1n) is 6.37. The van der Waals surface area contributed by atoms with Crippen LogP contribution in [0.3, 0.4) is 0 Å². The molecule has 0 aliphatic heterocycles. The molecule has 0 aromatic carbocycles. The van der Waals surface area contributed by atoms with Crippen molar-refractivity contribution in [2.24, 2.45) is 5.41 Å². The second-order valence-corrected chi connectivity index (χ2v) is 5.87. The lowest BCUT2D eigenvalue weighted by atomic mass is 9.87. The van der Waals surface area contributed by atoms with Crippen molar-refractivity contribution in [2.75, 3.05) is 20.6 Å². The monoisotopic (exact) mass is 212 g/mol. The Morgan fingerprint density at radius 2 is 2.07 bits per heavy atom. The Hall–Kier alpha value is -0.0800. The molecule has 1 fully saturated rings. The van der Waals surface area contributed by atoms with Crippen LogP contribution >= 0.6 is 0 Å². The van der Waals surface area contributed by atoms with Crippen LogP contribution in [0.5, 0.6) is 0 Å². The molecule has 15 heavy (non-hydrogen) atoms. The number of hydrogen-bond donors (Lipinski definition) is 1. The fraction of sp³-hybridized carbons (Fsp3) is 1.00. The normalized spacial score (nSPS) is 27.2. The lowest BCUT2D eigenvalue weighted by Crippen LogP contribution is -2.45. The van der Waals surface area contributed by atoms with E-state index >= 15 is 0 Å². The van der Waals surface area contributed by atoms with Gasteiger partial charge in [0.1, 0.15) is 0 Å². The number of hydrogen-bond acceptors (Lipinski definition) is 2. The Bertz CT molecular complexity index is 187. The molecule has 0 radical (unpaired) electrons. The predicted octanol–water partition coefficient (Wildman–Crippen LogP) is 2.49. The summed E-state index contributed by atoms with van der Waals surface area (Å²) in [6.07, 6.45) is 5.36. The highest BCUT2D eigenvalue weighted by Gasteiger charge is 2.34. The van der Waals surface area contributed by atoms with E-state index in [0.717, 1.165) is 12.6 Å². The largest absolute Gasteiger partial charge is 0.312 e. The van der Waals surface area contributed by atoms with E-state index < -0.39 is 0 Å². The fourth-order valence-corrected chi connectivity index (χ4v) is 2.68. The third kappa shape index (κ3) is 3.46. The van der Waals surface area contributed by atoms with Crippen molar-refractivity contribution in [1.82, 2.24) is 10.2 Å². The summed E-state index contributed by atoms with van der Waals surface area (Å²) < 4.78 is 0. The zero-order valence-corrected chi connectivity index (χ0v) is 11.1. The first-order valence-corrected chi connectivity index (χ1v) is 6.37. The Balaban J connectivity index is 2.36. The fourth-order valence-electron chi connectivity index (χ4n) is 2.68. The summed E-state index contributed by atoms with van der Waals surface area (Å²) in [4.78, 5) is 2.33. The molecule has 2 atom stereocenters. The van der Waals surface area contributed by atoms with Crippen molar-refractivity contribution < 1.29 is 0 Å². The molecule has 0 saturated heterocycles. The molecule has 0 amide bonds. The minimum atomic E-state index is 0.505. The maximum absolute atomic E-state index is 3.76. The minimum absolute atomic E-state index is 0.505. The Kier molecular flexibility index (Phi) is 4.60. The van der Waals surface area contributed by atoms with Gasteiger partial charge in [-0.25, -0.2) is 0 Å². The Morgan fingerprint density at radius 1 is 1.40 bits per heavy atom. The van der Waals surface area contributed by atoms with Crippen molar-refractivity contribution in [3.05, 3.63) is 0 Å². The maximum Gasteiger partial charge on any atom is 0.0212 e. The summed E-state index contributed by atoms with van der Waals surface area (Å²) in [6.45, 7) is 8.20. The first-order chi connectivity index (χ1) is 6.97. The zero-order valence-electron chi connectivity index (χ0n) is 11.1.